The normalized spacial score (nSPS) is 25.4. The van der Waals surface area contributed by atoms with Crippen molar-refractivity contribution in [2.24, 2.45) is 5.92 Å². The summed E-state index contributed by atoms with van der Waals surface area (Å²) in [6.07, 6.45) is 0. The first-order valence-electron chi connectivity index (χ1n) is 6.52. The van der Waals surface area contributed by atoms with Crippen molar-refractivity contribution in [2.75, 3.05) is 0 Å². The van der Waals surface area contributed by atoms with Crippen molar-refractivity contribution in [3.05, 3.63) is 71.3 Å². The highest BCUT2D eigenvalue weighted by Gasteiger charge is 2.51. The highest BCUT2D eigenvalue weighted by Crippen LogP contribution is 2.40. The Balaban J connectivity index is 2.24. The lowest BCUT2D eigenvalue weighted by Gasteiger charge is -2.36. The maximum absolute atomic E-state index is 12.7. The summed E-state index contributed by atoms with van der Waals surface area (Å²) < 4.78 is 0. The van der Waals surface area contributed by atoms with Crippen molar-refractivity contribution < 1.29 is 14.7 Å². The number of carbonyl (C=O) groups excluding carboxylic acids is 2. The van der Waals surface area contributed by atoms with Gasteiger partial charge in [-0.3, -0.25) is 9.59 Å². The number of fused-ring (bicyclic) bond motifs is 1. The van der Waals surface area contributed by atoms with Crippen molar-refractivity contribution in [3.63, 3.8) is 0 Å². The Hall–Kier alpha value is -2.26. The van der Waals surface area contributed by atoms with E-state index in [9.17, 15) is 14.7 Å². The van der Waals surface area contributed by atoms with Crippen LogP contribution in [0.25, 0.3) is 0 Å². The van der Waals surface area contributed by atoms with Gasteiger partial charge >= 0.3 is 0 Å². The summed E-state index contributed by atoms with van der Waals surface area (Å²) in [6.45, 7) is 1.60. The fourth-order valence-corrected chi connectivity index (χ4v) is 2.79. The average molecular weight is 266 g/mol. The minimum atomic E-state index is -1.79. The lowest BCUT2D eigenvalue weighted by molar-refractivity contribution is -0.00116. The summed E-state index contributed by atoms with van der Waals surface area (Å²) in [7, 11) is 0. The average Bonchev–Trinajstić information content (AvgIpc) is 2.51. The van der Waals surface area contributed by atoms with Crippen LogP contribution in [0.4, 0.5) is 0 Å². The molecule has 0 spiro atoms. The van der Waals surface area contributed by atoms with E-state index >= 15 is 0 Å². The summed E-state index contributed by atoms with van der Waals surface area (Å²) in [5, 5.41) is 10.9. The number of Topliss-reactive ketones (excluding diaryl/α,β-unsaturated/α-hetero) is 2. The molecule has 2 atom stereocenters. The highest BCUT2D eigenvalue weighted by molar-refractivity contribution is 6.18. The van der Waals surface area contributed by atoms with Gasteiger partial charge in [0.05, 0.1) is 5.92 Å². The number of hydrogen-bond acceptors (Lipinski definition) is 3. The Morgan fingerprint density at radius 2 is 1.45 bits per heavy atom. The van der Waals surface area contributed by atoms with Gasteiger partial charge in [0.15, 0.2) is 17.2 Å². The maximum Gasteiger partial charge on any atom is 0.200 e. The van der Waals surface area contributed by atoms with E-state index in [4.69, 9.17) is 0 Å². The smallest absolute Gasteiger partial charge is 0.200 e. The number of hydrogen-bond donors (Lipinski definition) is 1. The van der Waals surface area contributed by atoms with Crippen molar-refractivity contribution in [1.29, 1.82) is 0 Å². The van der Waals surface area contributed by atoms with Gasteiger partial charge < -0.3 is 5.11 Å². The van der Waals surface area contributed by atoms with Gasteiger partial charge in [0, 0.05) is 11.1 Å². The SMILES string of the molecule is C[C@@H]1C(=O)c2ccccc2C(=O)[C@@]1(O)c1ccccc1. The highest BCUT2D eigenvalue weighted by atomic mass is 16.3. The molecule has 0 unspecified atom stereocenters. The summed E-state index contributed by atoms with van der Waals surface area (Å²) in [5.74, 6) is -1.41. The van der Waals surface area contributed by atoms with Gasteiger partial charge in [-0.2, -0.15) is 0 Å². The van der Waals surface area contributed by atoms with Crippen LogP contribution in [-0.4, -0.2) is 16.7 Å². The molecule has 0 radical (unpaired) electrons. The van der Waals surface area contributed by atoms with E-state index < -0.39 is 17.3 Å². The minimum absolute atomic E-state index is 0.202. The molecule has 1 N–H and O–H groups in total. The number of ketones is 2. The third kappa shape index (κ3) is 1.57. The molecule has 100 valence electrons. The van der Waals surface area contributed by atoms with Crippen molar-refractivity contribution >= 4 is 11.6 Å². The molecule has 0 aromatic heterocycles. The van der Waals surface area contributed by atoms with E-state index in [-0.39, 0.29) is 5.78 Å². The Bertz CT molecular complexity index is 690. The molecule has 2 aromatic carbocycles. The predicted octanol–water partition coefficient (Wildman–Crippen LogP) is 2.59. The molecule has 0 saturated carbocycles. The van der Waals surface area contributed by atoms with Crippen LogP contribution in [-0.2, 0) is 5.60 Å². The fourth-order valence-electron chi connectivity index (χ4n) is 2.79. The first-order valence-corrected chi connectivity index (χ1v) is 6.52. The van der Waals surface area contributed by atoms with E-state index in [0.717, 1.165) is 0 Å². The molecule has 3 nitrogen and oxygen atoms in total. The Labute approximate surface area is 116 Å². The number of benzene rings is 2. The van der Waals surface area contributed by atoms with Gasteiger partial charge in [-0.05, 0) is 5.56 Å². The molecule has 1 aliphatic rings. The second-order valence-corrected chi connectivity index (χ2v) is 5.09. The number of aliphatic hydroxyl groups is 1. The zero-order chi connectivity index (χ0) is 14.3. The van der Waals surface area contributed by atoms with Crippen molar-refractivity contribution in [3.8, 4) is 0 Å². The van der Waals surface area contributed by atoms with Crippen molar-refractivity contribution in [2.45, 2.75) is 12.5 Å². The minimum Gasteiger partial charge on any atom is -0.376 e. The molecular formula is C17H14O3. The summed E-state index contributed by atoms with van der Waals surface area (Å²) >= 11 is 0. The second-order valence-electron chi connectivity index (χ2n) is 5.09. The van der Waals surface area contributed by atoms with Gasteiger partial charge in [-0.25, -0.2) is 0 Å². The molecule has 20 heavy (non-hydrogen) atoms. The molecule has 2 aromatic rings. The van der Waals surface area contributed by atoms with Gasteiger partial charge in [-0.15, -0.1) is 0 Å². The molecule has 0 fully saturated rings. The zero-order valence-corrected chi connectivity index (χ0v) is 11.0. The van der Waals surface area contributed by atoms with E-state index in [1.54, 1.807) is 61.5 Å². The molecule has 0 saturated heterocycles. The van der Waals surface area contributed by atoms with Crippen LogP contribution in [0.3, 0.4) is 0 Å². The van der Waals surface area contributed by atoms with E-state index in [1.807, 2.05) is 0 Å². The van der Waals surface area contributed by atoms with Crippen LogP contribution >= 0.6 is 0 Å². The molecule has 0 amide bonds. The Kier molecular flexibility index (Phi) is 2.80. The first kappa shape index (κ1) is 12.8. The van der Waals surface area contributed by atoms with Gasteiger partial charge in [0.25, 0.3) is 0 Å². The van der Waals surface area contributed by atoms with Gasteiger partial charge in [0.2, 0.25) is 0 Å². The summed E-state index contributed by atoms with van der Waals surface area (Å²) in [5.41, 5.74) is -0.639. The third-order valence-corrected chi connectivity index (χ3v) is 4.02. The first-order chi connectivity index (χ1) is 9.56. The largest absolute Gasteiger partial charge is 0.376 e. The van der Waals surface area contributed by atoms with E-state index in [1.165, 1.54) is 0 Å². The monoisotopic (exact) mass is 266 g/mol. The fraction of sp³-hybridized carbons (Fsp3) is 0.176. The van der Waals surface area contributed by atoms with Crippen molar-refractivity contribution in [1.82, 2.24) is 0 Å². The Morgan fingerprint density at radius 1 is 0.900 bits per heavy atom. The van der Waals surface area contributed by atoms with Crippen LogP contribution < -0.4 is 0 Å². The molecule has 0 heterocycles. The molecule has 3 rings (SSSR count). The van der Waals surface area contributed by atoms with Crippen LogP contribution in [0.5, 0.6) is 0 Å². The van der Waals surface area contributed by atoms with E-state index in [2.05, 4.69) is 0 Å². The second kappa shape index (κ2) is 4.39. The quantitative estimate of drug-likeness (QED) is 0.863. The molecule has 3 heteroatoms. The lowest BCUT2D eigenvalue weighted by atomic mass is 9.68. The van der Waals surface area contributed by atoms with Gasteiger partial charge in [0.1, 0.15) is 0 Å². The van der Waals surface area contributed by atoms with E-state index in [0.29, 0.717) is 16.7 Å². The molecule has 1 aliphatic carbocycles. The van der Waals surface area contributed by atoms with Crippen LogP contribution in [0.1, 0.15) is 33.2 Å². The topological polar surface area (TPSA) is 54.4 Å². The molecular weight excluding hydrogens is 252 g/mol. The summed E-state index contributed by atoms with van der Waals surface area (Å²) in [4.78, 5) is 25.1. The molecule has 0 bridgehead atoms. The zero-order valence-electron chi connectivity index (χ0n) is 11.0. The Morgan fingerprint density at radius 3 is 2.10 bits per heavy atom. The predicted molar refractivity (Wildman–Crippen MR) is 74.6 cm³/mol. The summed E-state index contributed by atoms with van der Waals surface area (Å²) in [6, 6.07) is 15.3. The van der Waals surface area contributed by atoms with Crippen LogP contribution in [0.2, 0.25) is 0 Å². The standard InChI is InChI=1S/C17H14O3/c1-11-15(18)13-9-5-6-10-14(13)16(19)17(11,20)12-7-3-2-4-8-12/h2-11,20H,1H3/t11-,17+/m1/s1. The lowest BCUT2D eigenvalue weighted by Crippen LogP contribution is -2.49. The molecule has 0 aliphatic heterocycles. The maximum atomic E-state index is 12.7. The van der Waals surface area contributed by atoms with Gasteiger partial charge in [-0.1, -0.05) is 61.5 Å². The number of rotatable bonds is 1. The van der Waals surface area contributed by atoms with Crippen LogP contribution in [0, 0.1) is 5.92 Å². The third-order valence-electron chi connectivity index (χ3n) is 4.02. The van der Waals surface area contributed by atoms with Crippen LogP contribution in [0.15, 0.2) is 54.6 Å². The number of carbonyl (C=O) groups is 2.